The van der Waals surface area contributed by atoms with Crippen LogP contribution in [-0.2, 0) is 29.0 Å². The van der Waals surface area contributed by atoms with Gasteiger partial charge in [0.05, 0.1) is 28.9 Å². The van der Waals surface area contributed by atoms with Crippen LogP contribution in [0.1, 0.15) is 52.9 Å². The summed E-state index contributed by atoms with van der Waals surface area (Å²) in [5.74, 6) is -1.87. The largest absolute Gasteiger partial charge is 0.464 e. The van der Waals surface area contributed by atoms with Crippen molar-refractivity contribution in [3.63, 3.8) is 0 Å². The molecule has 0 aromatic rings. The van der Waals surface area contributed by atoms with Crippen LogP contribution in [0.25, 0.3) is 0 Å². The lowest BCUT2D eigenvalue weighted by molar-refractivity contribution is -0.153. The van der Waals surface area contributed by atoms with Gasteiger partial charge < -0.3 is 4.74 Å². The molecule has 2 aliphatic rings. The maximum absolute atomic E-state index is 12.3. The summed E-state index contributed by atoms with van der Waals surface area (Å²) in [7, 11) is -3.26. The number of carbonyl (C=O) groups is 3. The first-order chi connectivity index (χ1) is 11.5. The Labute approximate surface area is 149 Å². The van der Waals surface area contributed by atoms with Crippen molar-refractivity contribution >= 4 is 27.6 Å². The highest BCUT2D eigenvalue weighted by molar-refractivity contribution is 7.92. The van der Waals surface area contributed by atoms with Crippen LogP contribution < -0.4 is 0 Å². The molecular formula is C17H27NO6S. The molecule has 0 N–H and O–H groups in total. The Hall–Kier alpha value is -1.44. The minimum Gasteiger partial charge on any atom is -0.464 e. The molecule has 142 valence electrons. The molecule has 7 nitrogen and oxygen atoms in total. The third-order valence-corrected chi connectivity index (χ3v) is 7.67. The normalized spacial score (nSPS) is 24.4. The monoisotopic (exact) mass is 373 g/mol. The van der Waals surface area contributed by atoms with E-state index < -0.39 is 20.6 Å². The van der Waals surface area contributed by atoms with E-state index in [9.17, 15) is 22.8 Å². The Kier molecular flexibility index (Phi) is 5.91. The summed E-state index contributed by atoms with van der Waals surface area (Å²) >= 11 is 0. The zero-order valence-electron chi connectivity index (χ0n) is 15.1. The van der Waals surface area contributed by atoms with Gasteiger partial charge in [-0.2, -0.15) is 0 Å². The van der Waals surface area contributed by atoms with Gasteiger partial charge in [-0.25, -0.2) is 8.42 Å². The van der Waals surface area contributed by atoms with Gasteiger partial charge in [-0.05, 0) is 40.0 Å². The molecule has 0 aromatic heterocycles. The Morgan fingerprint density at radius 3 is 2.12 bits per heavy atom. The van der Waals surface area contributed by atoms with Gasteiger partial charge in [0.15, 0.2) is 9.84 Å². The number of nitrogens with zero attached hydrogens (tertiary/aromatic N) is 1. The molecule has 1 aliphatic heterocycles. The van der Waals surface area contributed by atoms with E-state index in [2.05, 4.69) is 0 Å². The third kappa shape index (κ3) is 4.40. The molecular weight excluding hydrogens is 346 g/mol. The first-order valence-corrected chi connectivity index (χ1v) is 10.4. The Morgan fingerprint density at radius 1 is 1.12 bits per heavy atom. The van der Waals surface area contributed by atoms with E-state index in [1.807, 2.05) is 0 Å². The van der Waals surface area contributed by atoms with Gasteiger partial charge >= 0.3 is 5.97 Å². The van der Waals surface area contributed by atoms with Crippen molar-refractivity contribution < 1.29 is 27.5 Å². The van der Waals surface area contributed by atoms with E-state index in [1.165, 1.54) is 0 Å². The van der Waals surface area contributed by atoms with Crippen LogP contribution >= 0.6 is 0 Å². The van der Waals surface area contributed by atoms with Crippen LogP contribution in [-0.4, -0.2) is 54.8 Å². The summed E-state index contributed by atoms with van der Waals surface area (Å²) in [5, 5.41) is 0. The number of fused-ring (bicyclic) bond motifs is 1. The fraction of sp³-hybridized carbons (Fsp3) is 0.824. The van der Waals surface area contributed by atoms with Crippen molar-refractivity contribution in [2.45, 2.75) is 57.6 Å². The molecule has 2 fully saturated rings. The van der Waals surface area contributed by atoms with Gasteiger partial charge in [-0.1, -0.05) is 12.8 Å². The van der Waals surface area contributed by atoms with E-state index in [4.69, 9.17) is 4.74 Å². The van der Waals surface area contributed by atoms with Crippen molar-refractivity contribution in [2.75, 3.05) is 18.9 Å². The number of amides is 2. The van der Waals surface area contributed by atoms with Crippen LogP contribution in [0.3, 0.4) is 0 Å². The molecule has 1 heterocycles. The fourth-order valence-corrected chi connectivity index (χ4v) is 4.41. The van der Waals surface area contributed by atoms with Crippen LogP contribution in [0, 0.1) is 11.8 Å². The van der Waals surface area contributed by atoms with E-state index in [0.29, 0.717) is 12.8 Å². The van der Waals surface area contributed by atoms with Crippen LogP contribution in [0.2, 0.25) is 0 Å². The predicted octanol–water partition coefficient (Wildman–Crippen LogP) is 1.31. The number of rotatable bonds is 6. The quantitative estimate of drug-likeness (QED) is 0.395. The molecule has 0 spiro atoms. The molecule has 2 atom stereocenters. The van der Waals surface area contributed by atoms with Crippen LogP contribution in [0.15, 0.2) is 0 Å². The lowest BCUT2D eigenvalue weighted by Gasteiger charge is -2.19. The fourth-order valence-electron chi connectivity index (χ4n) is 3.30. The summed E-state index contributed by atoms with van der Waals surface area (Å²) in [6, 6.07) is 0. The van der Waals surface area contributed by atoms with Gasteiger partial charge in [0, 0.05) is 0 Å². The molecule has 2 rings (SSSR count). The molecule has 25 heavy (non-hydrogen) atoms. The number of ether oxygens (including phenoxy) is 1. The second-order valence-corrected chi connectivity index (χ2v) is 10.6. The van der Waals surface area contributed by atoms with E-state index in [0.717, 1.165) is 17.7 Å². The molecule has 0 aromatic carbocycles. The number of carbonyl (C=O) groups excluding carboxylic acids is 3. The van der Waals surface area contributed by atoms with Crippen molar-refractivity contribution in [1.82, 2.24) is 4.90 Å². The van der Waals surface area contributed by atoms with E-state index >= 15 is 0 Å². The molecule has 2 unspecified atom stereocenters. The maximum Gasteiger partial charge on any atom is 0.326 e. The number of likely N-dealkylation sites (tertiary alicyclic amines) is 1. The van der Waals surface area contributed by atoms with Crippen molar-refractivity contribution in [3.05, 3.63) is 0 Å². The average molecular weight is 373 g/mol. The van der Waals surface area contributed by atoms with Gasteiger partial charge in [0.1, 0.15) is 6.54 Å². The van der Waals surface area contributed by atoms with Crippen molar-refractivity contribution in [3.8, 4) is 0 Å². The zero-order chi connectivity index (χ0) is 18.8. The lowest BCUT2D eigenvalue weighted by atomic mass is 9.81. The first-order valence-electron chi connectivity index (χ1n) is 8.78. The number of sulfone groups is 1. The summed E-state index contributed by atoms with van der Waals surface area (Å²) in [6.45, 7) is 4.45. The summed E-state index contributed by atoms with van der Waals surface area (Å²) in [6.07, 6.45) is 3.46. The van der Waals surface area contributed by atoms with Gasteiger partial charge in [0.2, 0.25) is 11.8 Å². The van der Waals surface area contributed by atoms with E-state index in [1.54, 1.807) is 20.8 Å². The van der Waals surface area contributed by atoms with Crippen LogP contribution in [0.4, 0.5) is 0 Å². The molecule has 0 radical (unpaired) electrons. The molecule has 1 saturated heterocycles. The summed E-state index contributed by atoms with van der Waals surface area (Å²) < 4.78 is 28.1. The molecule has 1 aliphatic carbocycles. The van der Waals surface area contributed by atoms with E-state index in [-0.39, 0.29) is 49.0 Å². The lowest BCUT2D eigenvalue weighted by Crippen LogP contribution is -2.37. The highest BCUT2D eigenvalue weighted by Gasteiger charge is 2.48. The number of hydrogen-bond acceptors (Lipinski definition) is 6. The topological polar surface area (TPSA) is 97.8 Å². The Bertz CT molecular complexity index is 625. The number of imide groups is 1. The third-order valence-electron chi connectivity index (χ3n) is 4.97. The molecule has 8 heteroatoms. The van der Waals surface area contributed by atoms with Crippen LogP contribution in [0.5, 0.6) is 0 Å². The van der Waals surface area contributed by atoms with Gasteiger partial charge in [-0.15, -0.1) is 0 Å². The number of esters is 1. The molecule has 0 bridgehead atoms. The first kappa shape index (κ1) is 19.9. The maximum atomic E-state index is 12.3. The van der Waals surface area contributed by atoms with Gasteiger partial charge in [0.25, 0.3) is 0 Å². The smallest absolute Gasteiger partial charge is 0.326 e. The zero-order valence-corrected chi connectivity index (χ0v) is 15.9. The highest BCUT2D eigenvalue weighted by Crippen LogP contribution is 2.37. The SMILES string of the molecule is CC(C)(C)S(=O)(=O)CCCOC(=O)CN1C(=O)C2CCCCC2C1=O. The Balaban J connectivity index is 1.79. The minimum atomic E-state index is -3.26. The molecule has 1 saturated carbocycles. The molecule has 2 amide bonds. The van der Waals surface area contributed by atoms with Gasteiger partial charge in [-0.3, -0.25) is 19.3 Å². The second-order valence-electron chi connectivity index (χ2n) is 7.77. The number of hydrogen-bond donors (Lipinski definition) is 0. The van der Waals surface area contributed by atoms with Crippen molar-refractivity contribution in [2.24, 2.45) is 11.8 Å². The standard InChI is InChI=1S/C17H27NO6S/c1-17(2,3)25(22,23)10-6-9-24-14(19)11-18-15(20)12-7-4-5-8-13(12)16(18)21/h12-13H,4-11H2,1-3H3. The highest BCUT2D eigenvalue weighted by atomic mass is 32.2. The summed E-state index contributed by atoms with van der Waals surface area (Å²) in [4.78, 5) is 37.5. The average Bonchev–Trinajstić information content (AvgIpc) is 2.76. The van der Waals surface area contributed by atoms with Crippen molar-refractivity contribution in [1.29, 1.82) is 0 Å². The summed E-state index contributed by atoms with van der Waals surface area (Å²) in [5.41, 5.74) is 0. The Morgan fingerprint density at radius 2 is 1.64 bits per heavy atom. The minimum absolute atomic E-state index is 0.0444. The second kappa shape index (κ2) is 7.43. The predicted molar refractivity (Wildman–Crippen MR) is 91.3 cm³/mol.